The van der Waals surface area contributed by atoms with Crippen molar-refractivity contribution in [3.05, 3.63) is 87.6 Å². The van der Waals surface area contributed by atoms with Crippen molar-refractivity contribution in [3.63, 3.8) is 0 Å². The number of halogens is 2. The van der Waals surface area contributed by atoms with Crippen LogP contribution in [0.15, 0.2) is 71.5 Å². The molecule has 1 aliphatic heterocycles. The van der Waals surface area contributed by atoms with E-state index in [0.717, 1.165) is 39.8 Å². The predicted molar refractivity (Wildman–Crippen MR) is 166 cm³/mol. The minimum atomic E-state index is -0.0634. The normalized spacial score (nSPS) is 14.7. The molecule has 9 heteroatoms. The van der Waals surface area contributed by atoms with Crippen LogP contribution in [0.1, 0.15) is 49.0 Å². The summed E-state index contributed by atoms with van der Waals surface area (Å²) in [4.78, 5) is 32.8. The van der Waals surface area contributed by atoms with Crippen molar-refractivity contribution < 1.29 is 14.3 Å². The summed E-state index contributed by atoms with van der Waals surface area (Å²) in [6.07, 6.45) is 6.83. The summed E-state index contributed by atoms with van der Waals surface area (Å²) in [6, 6.07) is 17.4. The lowest BCUT2D eigenvalue weighted by molar-refractivity contribution is 0.0949. The number of Topliss-reactive ketones (excluding diaryl/α,β-unsaturated/α-hetero) is 1. The number of rotatable bonds is 10. The summed E-state index contributed by atoms with van der Waals surface area (Å²) in [6.45, 7) is 5.74. The highest BCUT2D eigenvalue weighted by atomic mass is 79.9. The first-order chi connectivity index (χ1) is 19.8. The van der Waals surface area contributed by atoms with Crippen LogP contribution in [-0.4, -0.2) is 51.8 Å². The van der Waals surface area contributed by atoms with Gasteiger partial charge in [-0.1, -0.05) is 35.9 Å². The first-order valence-corrected chi connectivity index (χ1v) is 15.2. The van der Waals surface area contributed by atoms with Crippen molar-refractivity contribution in [2.75, 3.05) is 19.6 Å². The van der Waals surface area contributed by atoms with E-state index in [-0.39, 0.29) is 23.8 Å². The number of hydrogen-bond donors (Lipinski definition) is 1. The van der Waals surface area contributed by atoms with Gasteiger partial charge in [0.2, 0.25) is 0 Å². The Morgan fingerprint density at radius 3 is 2.68 bits per heavy atom. The lowest BCUT2D eigenvalue weighted by atomic mass is 9.91. The average Bonchev–Trinajstić information content (AvgIpc) is 3.29. The fourth-order valence-electron chi connectivity index (χ4n) is 5.19. The van der Waals surface area contributed by atoms with Gasteiger partial charge in [0.1, 0.15) is 5.75 Å². The van der Waals surface area contributed by atoms with Gasteiger partial charge >= 0.3 is 6.03 Å². The standard InChI is InChI=1S/C32H34BrClN4O3/c1-21(2)41-30-12-11-25(18-27(30)34)29(39)17-23(19-38-14-4-3-13-35-32(38)40)16-22-7-9-24(10-8-22)28-20-37-15-5-6-26(33)31(37)36-28/h5-12,15,18,20-21,23H,3-4,13-14,16-17,19H2,1-2H3,(H,35,40)/t23-/m1/s1. The molecule has 3 heterocycles. The smallest absolute Gasteiger partial charge is 0.317 e. The van der Waals surface area contributed by atoms with Crippen LogP contribution in [0.2, 0.25) is 5.02 Å². The Bertz CT molecular complexity index is 1540. The second kappa shape index (κ2) is 13.1. The molecule has 1 aliphatic rings. The van der Waals surface area contributed by atoms with E-state index in [1.807, 2.05) is 47.7 Å². The Morgan fingerprint density at radius 2 is 1.95 bits per heavy atom. The molecule has 7 nitrogen and oxygen atoms in total. The van der Waals surface area contributed by atoms with E-state index in [1.54, 1.807) is 18.2 Å². The number of hydrogen-bond acceptors (Lipinski definition) is 4. The van der Waals surface area contributed by atoms with Crippen LogP contribution < -0.4 is 10.1 Å². The van der Waals surface area contributed by atoms with Crippen LogP contribution >= 0.6 is 27.5 Å². The second-order valence-corrected chi connectivity index (χ2v) is 12.1. The van der Waals surface area contributed by atoms with Crippen molar-refractivity contribution in [1.29, 1.82) is 0 Å². The number of imidazole rings is 1. The summed E-state index contributed by atoms with van der Waals surface area (Å²) in [5.41, 5.74) is 4.42. The summed E-state index contributed by atoms with van der Waals surface area (Å²) in [7, 11) is 0. The number of fused-ring (bicyclic) bond motifs is 1. The van der Waals surface area contributed by atoms with Crippen LogP contribution in [-0.2, 0) is 6.42 Å². The molecule has 1 atom stereocenters. The van der Waals surface area contributed by atoms with Gasteiger partial charge < -0.3 is 19.4 Å². The van der Waals surface area contributed by atoms with Crippen molar-refractivity contribution in [2.45, 2.75) is 45.6 Å². The van der Waals surface area contributed by atoms with E-state index in [9.17, 15) is 9.59 Å². The fraction of sp³-hybridized carbons (Fsp3) is 0.344. The van der Waals surface area contributed by atoms with E-state index < -0.39 is 0 Å². The number of nitrogens with one attached hydrogen (secondary N) is 1. The number of benzene rings is 2. The van der Waals surface area contributed by atoms with Crippen molar-refractivity contribution in [2.24, 2.45) is 5.92 Å². The van der Waals surface area contributed by atoms with Gasteiger partial charge in [-0.25, -0.2) is 9.78 Å². The van der Waals surface area contributed by atoms with Crippen LogP contribution in [0, 0.1) is 5.92 Å². The Hall–Kier alpha value is -3.36. The van der Waals surface area contributed by atoms with E-state index in [4.69, 9.17) is 21.3 Å². The minimum Gasteiger partial charge on any atom is -0.489 e. The topological polar surface area (TPSA) is 75.9 Å². The molecule has 0 radical (unpaired) electrons. The predicted octanol–water partition coefficient (Wildman–Crippen LogP) is 7.44. The van der Waals surface area contributed by atoms with Gasteiger partial charge in [0.15, 0.2) is 11.4 Å². The zero-order valence-electron chi connectivity index (χ0n) is 23.3. The first-order valence-electron chi connectivity index (χ1n) is 14.0. The molecule has 2 amide bonds. The molecular weight excluding hydrogens is 604 g/mol. The molecule has 1 N–H and O–H groups in total. The maximum Gasteiger partial charge on any atom is 0.317 e. The van der Waals surface area contributed by atoms with Crippen molar-refractivity contribution >= 4 is 45.0 Å². The summed E-state index contributed by atoms with van der Waals surface area (Å²) in [5, 5.41) is 3.40. The number of aromatic nitrogens is 2. The zero-order valence-corrected chi connectivity index (χ0v) is 25.6. The molecule has 0 bridgehead atoms. The number of ether oxygens (including phenoxy) is 1. The van der Waals surface area contributed by atoms with Gasteiger partial charge in [0.25, 0.3) is 0 Å². The van der Waals surface area contributed by atoms with Crippen LogP contribution in [0.5, 0.6) is 5.75 Å². The summed E-state index contributed by atoms with van der Waals surface area (Å²) >= 11 is 10.00. The third-order valence-electron chi connectivity index (χ3n) is 7.20. The molecule has 41 heavy (non-hydrogen) atoms. The molecule has 214 valence electrons. The SMILES string of the molecule is CC(C)Oc1ccc(C(=O)C[C@@H](Cc2ccc(-c3cn4cccc(Br)c4n3)cc2)CN2CCCCNC2=O)cc1Cl. The number of carbonyl (C=O) groups is 2. The number of amides is 2. The fourth-order valence-corrected chi connectivity index (χ4v) is 5.86. The van der Waals surface area contributed by atoms with E-state index in [2.05, 4.69) is 45.5 Å². The molecular formula is C32H34BrClN4O3. The highest BCUT2D eigenvalue weighted by Crippen LogP contribution is 2.29. The van der Waals surface area contributed by atoms with Crippen molar-refractivity contribution in [3.8, 4) is 17.0 Å². The lowest BCUT2D eigenvalue weighted by Crippen LogP contribution is -2.41. The molecule has 0 saturated carbocycles. The van der Waals surface area contributed by atoms with Crippen molar-refractivity contribution in [1.82, 2.24) is 19.6 Å². The maximum absolute atomic E-state index is 13.4. The van der Waals surface area contributed by atoms with E-state index >= 15 is 0 Å². The van der Waals surface area contributed by atoms with Crippen LogP contribution in [0.3, 0.4) is 0 Å². The lowest BCUT2D eigenvalue weighted by Gasteiger charge is -2.26. The molecule has 2 aromatic carbocycles. The zero-order chi connectivity index (χ0) is 28.9. The largest absolute Gasteiger partial charge is 0.489 e. The second-order valence-electron chi connectivity index (χ2n) is 10.8. The Morgan fingerprint density at radius 1 is 1.15 bits per heavy atom. The summed E-state index contributed by atoms with van der Waals surface area (Å²) < 4.78 is 8.66. The van der Waals surface area contributed by atoms with Gasteiger partial charge in [-0.2, -0.15) is 0 Å². The molecule has 5 rings (SSSR count). The highest BCUT2D eigenvalue weighted by molar-refractivity contribution is 9.10. The van der Waals surface area contributed by atoms with Gasteiger partial charge in [0, 0.05) is 49.6 Å². The quantitative estimate of drug-likeness (QED) is 0.183. The number of carbonyl (C=O) groups excluding carboxylic acids is 2. The molecule has 2 aromatic heterocycles. The Kier molecular flexibility index (Phi) is 9.30. The van der Waals surface area contributed by atoms with Crippen LogP contribution in [0.4, 0.5) is 4.79 Å². The average molecular weight is 638 g/mol. The molecule has 1 fully saturated rings. The van der Waals surface area contributed by atoms with E-state index in [1.165, 1.54) is 0 Å². The number of nitrogens with zero attached hydrogens (tertiary/aromatic N) is 3. The molecule has 0 aliphatic carbocycles. The Balaban J connectivity index is 1.34. The molecule has 0 unspecified atom stereocenters. The molecule has 1 saturated heterocycles. The first kappa shape index (κ1) is 29.1. The summed E-state index contributed by atoms with van der Waals surface area (Å²) in [5.74, 6) is 0.498. The highest BCUT2D eigenvalue weighted by Gasteiger charge is 2.24. The van der Waals surface area contributed by atoms with E-state index in [0.29, 0.717) is 48.8 Å². The maximum atomic E-state index is 13.4. The molecule has 4 aromatic rings. The van der Waals surface area contributed by atoms with Gasteiger partial charge in [-0.3, -0.25) is 4.79 Å². The van der Waals surface area contributed by atoms with Gasteiger partial charge in [0.05, 0.1) is 21.3 Å². The third kappa shape index (κ3) is 7.29. The number of ketones is 1. The number of urea groups is 1. The van der Waals surface area contributed by atoms with Gasteiger partial charge in [-0.05, 0) is 90.9 Å². The molecule has 0 spiro atoms. The Labute approximate surface area is 254 Å². The number of pyridine rings is 1. The third-order valence-corrected chi connectivity index (χ3v) is 8.11. The van der Waals surface area contributed by atoms with Crippen LogP contribution in [0.25, 0.3) is 16.9 Å². The van der Waals surface area contributed by atoms with Gasteiger partial charge in [-0.15, -0.1) is 0 Å². The minimum absolute atomic E-state index is 0.00451. The monoisotopic (exact) mass is 636 g/mol.